The number of aromatic nitrogens is 1. The number of carbonyl (C=O) groups excluding carboxylic acids is 1. The van der Waals surface area contributed by atoms with Gasteiger partial charge in [0, 0.05) is 5.02 Å². The molecule has 106 valence electrons. The van der Waals surface area contributed by atoms with Crippen LogP contribution in [-0.4, -0.2) is 24.2 Å². The van der Waals surface area contributed by atoms with Gasteiger partial charge in [-0.25, -0.2) is 0 Å². The molecule has 0 unspecified atom stereocenters. The van der Waals surface area contributed by atoms with E-state index < -0.39 is 0 Å². The molecular weight excluding hydrogens is 280 g/mol. The van der Waals surface area contributed by atoms with E-state index in [0.29, 0.717) is 40.9 Å². The molecule has 0 saturated carbocycles. The maximum absolute atomic E-state index is 11.9. The Hall–Kier alpha value is -2.01. The van der Waals surface area contributed by atoms with Crippen molar-refractivity contribution in [2.75, 3.05) is 13.2 Å². The fraction of sp³-hybridized carbons (Fsp3) is 0.286. The number of nitrogens with zero attached hydrogens (tertiary/aromatic N) is 1. The lowest BCUT2D eigenvalue weighted by Crippen LogP contribution is -2.28. The van der Waals surface area contributed by atoms with Crippen LogP contribution in [0.1, 0.15) is 21.8 Å². The molecule has 2 aromatic rings. The largest absolute Gasteiger partial charge is 0.492 e. The van der Waals surface area contributed by atoms with E-state index in [-0.39, 0.29) is 5.91 Å². The maximum atomic E-state index is 11.9. The number of halogens is 1. The summed E-state index contributed by atoms with van der Waals surface area (Å²) in [6, 6.07) is 7.05. The molecule has 0 saturated heterocycles. The van der Waals surface area contributed by atoms with Gasteiger partial charge in [0.2, 0.25) is 0 Å². The van der Waals surface area contributed by atoms with Gasteiger partial charge in [-0.1, -0.05) is 16.8 Å². The van der Waals surface area contributed by atoms with Crippen molar-refractivity contribution in [2.24, 2.45) is 0 Å². The second-order valence-corrected chi connectivity index (χ2v) is 4.69. The van der Waals surface area contributed by atoms with Crippen molar-refractivity contribution < 1.29 is 14.1 Å². The Morgan fingerprint density at radius 1 is 1.35 bits per heavy atom. The molecule has 1 aromatic heterocycles. The van der Waals surface area contributed by atoms with Crippen LogP contribution in [-0.2, 0) is 0 Å². The first-order chi connectivity index (χ1) is 9.58. The predicted octanol–water partition coefficient (Wildman–Crippen LogP) is 2.75. The number of aryl methyl sites for hydroxylation is 2. The number of ether oxygens (including phenoxy) is 1. The monoisotopic (exact) mass is 294 g/mol. The Morgan fingerprint density at radius 3 is 2.65 bits per heavy atom. The summed E-state index contributed by atoms with van der Waals surface area (Å²) >= 11 is 5.77. The summed E-state index contributed by atoms with van der Waals surface area (Å²) in [6.45, 7) is 4.21. The van der Waals surface area contributed by atoms with Crippen LogP contribution in [0.15, 0.2) is 28.8 Å². The van der Waals surface area contributed by atoms with Crippen LogP contribution in [0.4, 0.5) is 0 Å². The third-order valence-electron chi connectivity index (χ3n) is 2.73. The SMILES string of the molecule is Cc1noc(C)c1C(=O)NCCOc1ccc(Cl)cc1. The topological polar surface area (TPSA) is 64.4 Å². The Labute approximate surface area is 121 Å². The average molecular weight is 295 g/mol. The van der Waals surface area contributed by atoms with Crippen molar-refractivity contribution in [3.05, 3.63) is 46.3 Å². The molecule has 20 heavy (non-hydrogen) atoms. The lowest BCUT2D eigenvalue weighted by atomic mass is 10.2. The van der Waals surface area contributed by atoms with E-state index in [9.17, 15) is 4.79 Å². The van der Waals surface area contributed by atoms with Gasteiger partial charge in [-0.3, -0.25) is 4.79 Å². The number of rotatable bonds is 5. The minimum Gasteiger partial charge on any atom is -0.492 e. The van der Waals surface area contributed by atoms with Gasteiger partial charge in [-0.05, 0) is 38.1 Å². The third kappa shape index (κ3) is 3.51. The zero-order valence-corrected chi connectivity index (χ0v) is 12.0. The maximum Gasteiger partial charge on any atom is 0.256 e. The van der Waals surface area contributed by atoms with E-state index in [0.717, 1.165) is 0 Å². The highest BCUT2D eigenvalue weighted by Crippen LogP contribution is 2.15. The molecule has 1 N–H and O–H groups in total. The van der Waals surface area contributed by atoms with Gasteiger partial charge in [0.1, 0.15) is 23.7 Å². The quantitative estimate of drug-likeness (QED) is 0.861. The van der Waals surface area contributed by atoms with E-state index in [1.54, 1.807) is 38.1 Å². The number of amides is 1. The predicted molar refractivity (Wildman–Crippen MR) is 75.3 cm³/mol. The molecule has 0 aliphatic heterocycles. The van der Waals surface area contributed by atoms with Crippen LogP contribution < -0.4 is 10.1 Å². The zero-order valence-electron chi connectivity index (χ0n) is 11.3. The van der Waals surface area contributed by atoms with Gasteiger partial charge in [-0.15, -0.1) is 0 Å². The van der Waals surface area contributed by atoms with E-state index >= 15 is 0 Å². The molecule has 0 atom stereocenters. The molecule has 0 radical (unpaired) electrons. The van der Waals surface area contributed by atoms with Gasteiger partial charge < -0.3 is 14.6 Å². The van der Waals surface area contributed by atoms with Gasteiger partial charge in [0.05, 0.1) is 12.2 Å². The number of carbonyl (C=O) groups is 1. The van der Waals surface area contributed by atoms with Gasteiger partial charge in [0.25, 0.3) is 5.91 Å². The first-order valence-corrected chi connectivity index (χ1v) is 6.55. The van der Waals surface area contributed by atoms with E-state index in [2.05, 4.69) is 10.5 Å². The second-order valence-electron chi connectivity index (χ2n) is 4.26. The Bertz CT molecular complexity index is 573. The zero-order chi connectivity index (χ0) is 14.5. The van der Waals surface area contributed by atoms with Crippen LogP contribution >= 0.6 is 11.6 Å². The highest BCUT2D eigenvalue weighted by molar-refractivity contribution is 6.30. The van der Waals surface area contributed by atoms with Gasteiger partial charge in [-0.2, -0.15) is 0 Å². The van der Waals surface area contributed by atoms with Crippen molar-refractivity contribution in [3.8, 4) is 5.75 Å². The first kappa shape index (κ1) is 14.4. The summed E-state index contributed by atoms with van der Waals surface area (Å²) in [7, 11) is 0. The van der Waals surface area contributed by atoms with E-state index in [1.807, 2.05) is 0 Å². The molecule has 1 aromatic carbocycles. The highest BCUT2D eigenvalue weighted by Gasteiger charge is 2.16. The summed E-state index contributed by atoms with van der Waals surface area (Å²) in [5, 5.41) is 7.16. The molecule has 1 heterocycles. The van der Waals surface area contributed by atoms with Crippen molar-refractivity contribution in [3.63, 3.8) is 0 Å². The summed E-state index contributed by atoms with van der Waals surface area (Å²) < 4.78 is 10.4. The molecule has 2 rings (SSSR count). The molecule has 0 aliphatic rings. The van der Waals surface area contributed by atoms with Crippen LogP contribution in [0.25, 0.3) is 0 Å². The highest BCUT2D eigenvalue weighted by atomic mass is 35.5. The summed E-state index contributed by atoms with van der Waals surface area (Å²) in [5.41, 5.74) is 1.06. The third-order valence-corrected chi connectivity index (χ3v) is 2.98. The van der Waals surface area contributed by atoms with Crippen LogP contribution in [0, 0.1) is 13.8 Å². The molecule has 0 spiro atoms. The molecule has 1 amide bonds. The first-order valence-electron chi connectivity index (χ1n) is 6.17. The second kappa shape index (κ2) is 6.43. The summed E-state index contributed by atoms with van der Waals surface area (Å²) in [6.07, 6.45) is 0. The summed E-state index contributed by atoms with van der Waals surface area (Å²) in [5.74, 6) is 1.01. The van der Waals surface area contributed by atoms with Gasteiger partial charge in [0.15, 0.2) is 0 Å². The Kier molecular flexibility index (Phi) is 4.63. The van der Waals surface area contributed by atoms with Crippen molar-refractivity contribution in [1.29, 1.82) is 0 Å². The minimum atomic E-state index is -0.207. The number of nitrogens with one attached hydrogen (secondary N) is 1. The lowest BCUT2D eigenvalue weighted by Gasteiger charge is -2.07. The van der Waals surface area contributed by atoms with Gasteiger partial charge >= 0.3 is 0 Å². The number of hydrogen-bond donors (Lipinski definition) is 1. The van der Waals surface area contributed by atoms with Crippen LogP contribution in [0.3, 0.4) is 0 Å². The number of hydrogen-bond acceptors (Lipinski definition) is 4. The average Bonchev–Trinajstić information content (AvgIpc) is 2.76. The summed E-state index contributed by atoms with van der Waals surface area (Å²) in [4.78, 5) is 11.9. The fourth-order valence-electron chi connectivity index (χ4n) is 1.76. The standard InChI is InChI=1S/C14H15ClN2O3/c1-9-13(10(2)20-17-9)14(18)16-7-8-19-12-5-3-11(15)4-6-12/h3-6H,7-8H2,1-2H3,(H,16,18). The number of benzene rings is 1. The van der Waals surface area contributed by atoms with E-state index in [4.69, 9.17) is 20.9 Å². The molecule has 0 bridgehead atoms. The fourth-order valence-corrected chi connectivity index (χ4v) is 1.89. The smallest absolute Gasteiger partial charge is 0.256 e. The van der Waals surface area contributed by atoms with Crippen molar-refractivity contribution >= 4 is 17.5 Å². The molecular formula is C14H15ClN2O3. The minimum absolute atomic E-state index is 0.207. The Balaban J connectivity index is 1.79. The van der Waals surface area contributed by atoms with E-state index in [1.165, 1.54) is 0 Å². The molecule has 0 aliphatic carbocycles. The Morgan fingerprint density at radius 2 is 2.05 bits per heavy atom. The van der Waals surface area contributed by atoms with Crippen molar-refractivity contribution in [2.45, 2.75) is 13.8 Å². The molecule has 6 heteroatoms. The van der Waals surface area contributed by atoms with Crippen molar-refractivity contribution in [1.82, 2.24) is 10.5 Å². The van der Waals surface area contributed by atoms with Crippen LogP contribution in [0.2, 0.25) is 5.02 Å². The lowest BCUT2D eigenvalue weighted by molar-refractivity contribution is 0.0945. The molecule has 0 fully saturated rings. The molecule has 5 nitrogen and oxygen atoms in total. The normalized spacial score (nSPS) is 10.3. The van der Waals surface area contributed by atoms with Crippen LogP contribution in [0.5, 0.6) is 5.75 Å².